The van der Waals surface area contributed by atoms with E-state index < -0.39 is 18.5 Å². The third-order valence-electron chi connectivity index (χ3n) is 2.92. The van der Waals surface area contributed by atoms with E-state index in [-0.39, 0.29) is 12.7 Å². The van der Waals surface area contributed by atoms with E-state index in [0.717, 1.165) is 25.7 Å². The second-order valence-electron chi connectivity index (χ2n) is 4.68. The van der Waals surface area contributed by atoms with Gasteiger partial charge in [-0.25, -0.2) is 0 Å². The summed E-state index contributed by atoms with van der Waals surface area (Å²) in [4.78, 5) is 0. The number of hydrogen-bond donors (Lipinski definition) is 2. The van der Waals surface area contributed by atoms with Gasteiger partial charge in [0.25, 0.3) is 0 Å². The maximum Gasteiger partial charge on any atom is 0.183 e. The molecule has 17 heavy (non-hydrogen) atoms. The van der Waals surface area contributed by atoms with Crippen molar-refractivity contribution in [2.75, 3.05) is 6.61 Å². The third-order valence-corrected chi connectivity index (χ3v) is 2.92. The van der Waals surface area contributed by atoms with Crippen LogP contribution >= 0.6 is 0 Å². The van der Waals surface area contributed by atoms with Crippen LogP contribution in [0.15, 0.2) is 12.7 Å². The number of unbranched alkanes of at least 4 members (excludes halogenated alkanes) is 2. The minimum atomic E-state index is -0.727. The molecule has 0 aliphatic carbocycles. The minimum absolute atomic E-state index is 0.0645. The Labute approximate surface area is 103 Å². The first-order valence-electron chi connectivity index (χ1n) is 6.37. The van der Waals surface area contributed by atoms with Crippen molar-refractivity contribution in [1.29, 1.82) is 0 Å². The Kier molecular flexibility index (Phi) is 6.73. The molecule has 1 rings (SSSR count). The highest BCUT2D eigenvalue weighted by molar-refractivity contribution is 4.73. The Morgan fingerprint density at radius 3 is 2.88 bits per heavy atom. The molecule has 1 unspecified atom stereocenters. The van der Waals surface area contributed by atoms with Gasteiger partial charge < -0.3 is 19.7 Å². The molecule has 100 valence electrons. The Morgan fingerprint density at radius 2 is 2.24 bits per heavy atom. The summed E-state index contributed by atoms with van der Waals surface area (Å²) < 4.78 is 10.9. The molecule has 4 atom stereocenters. The highest BCUT2D eigenvalue weighted by Gasteiger charge is 2.30. The Balaban J connectivity index is 2.16. The third kappa shape index (κ3) is 5.64. The van der Waals surface area contributed by atoms with Gasteiger partial charge in [0, 0.05) is 6.42 Å². The van der Waals surface area contributed by atoms with Crippen molar-refractivity contribution in [1.82, 2.24) is 0 Å². The van der Waals surface area contributed by atoms with Crippen LogP contribution in [0.5, 0.6) is 0 Å². The van der Waals surface area contributed by atoms with E-state index in [1.165, 1.54) is 0 Å². The highest BCUT2D eigenvalue weighted by atomic mass is 16.7. The standard InChI is InChI=1S/C13H24O4/c1-3-4-5-6-7-10(2)17-13-12(15)8-11(14)9-16-13/h3,10-15H,1,4-9H2,2H3/t10?,11-,12-,13+/m1/s1. The first kappa shape index (κ1) is 14.6. The van der Waals surface area contributed by atoms with Crippen molar-refractivity contribution < 1.29 is 19.7 Å². The molecular formula is C13H24O4. The molecule has 0 saturated carbocycles. The van der Waals surface area contributed by atoms with Crippen LogP contribution in [-0.4, -0.2) is 41.4 Å². The Bertz CT molecular complexity index is 219. The lowest BCUT2D eigenvalue weighted by molar-refractivity contribution is -0.250. The summed E-state index contributed by atoms with van der Waals surface area (Å²) in [6, 6.07) is 0. The average Bonchev–Trinajstić information content (AvgIpc) is 2.28. The molecule has 0 spiro atoms. The quantitative estimate of drug-likeness (QED) is 0.527. The number of rotatable bonds is 7. The molecule has 1 fully saturated rings. The zero-order valence-electron chi connectivity index (χ0n) is 10.5. The zero-order chi connectivity index (χ0) is 12.7. The van der Waals surface area contributed by atoms with Crippen LogP contribution in [0, 0.1) is 0 Å². The van der Waals surface area contributed by atoms with Crippen LogP contribution < -0.4 is 0 Å². The summed E-state index contributed by atoms with van der Waals surface area (Å²) in [7, 11) is 0. The van der Waals surface area contributed by atoms with Crippen molar-refractivity contribution in [3.05, 3.63) is 12.7 Å². The second kappa shape index (κ2) is 7.82. The van der Waals surface area contributed by atoms with Crippen molar-refractivity contribution >= 4 is 0 Å². The van der Waals surface area contributed by atoms with Gasteiger partial charge in [0.1, 0.15) is 6.10 Å². The number of aliphatic hydroxyl groups is 2. The molecule has 1 heterocycles. The van der Waals surface area contributed by atoms with E-state index in [9.17, 15) is 10.2 Å². The van der Waals surface area contributed by atoms with Gasteiger partial charge in [-0.15, -0.1) is 6.58 Å². The summed E-state index contributed by atoms with van der Waals surface area (Å²) in [5.41, 5.74) is 0. The first-order valence-corrected chi connectivity index (χ1v) is 6.37. The Hall–Kier alpha value is -0.420. The number of hydrogen-bond acceptors (Lipinski definition) is 4. The molecule has 1 aliphatic rings. The fourth-order valence-electron chi connectivity index (χ4n) is 1.92. The van der Waals surface area contributed by atoms with Crippen LogP contribution in [0.25, 0.3) is 0 Å². The maximum atomic E-state index is 9.67. The fourth-order valence-corrected chi connectivity index (χ4v) is 1.92. The smallest absolute Gasteiger partial charge is 0.183 e. The van der Waals surface area contributed by atoms with E-state index in [4.69, 9.17) is 9.47 Å². The maximum absolute atomic E-state index is 9.67. The van der Waals surface area contributed by atoms with Gasteiger partial charge in [-0.3, -0.25) is 0 Å². The molecule has 0 radical (unpaired) electrons. The SMILES string of the molecule is C=CCCCCC(C)O[C@@H]1OC[C@H](O)C[C@H]1O. The second-order valence-corrected chi connectivity index (χ2v) is 4.68. The summed E-state index contributed by atoms with van der Waals surface area (Å²) in [5.74, 6) is 0. The lowest BCUT2D eigenvalue weighted by atomic mass is 10.1. The molecular weight excluding hydrogens is 220 g/mol. The largest absolute Gasteiger partial charge is 0.391 e. The van der Waals surface area contributed by atoms with Gasteiger partial charge in [-0.2, -0.15) is 0 Å². The molecule has 0 aromatic heterocycles. The molecule has 4 nitrogen and oxygen atoms in total. The summed E-state index contributed by atoms with van der Waals surface area (Å²) in [5, 5.41) is 19.0. The topological polar surface area (TPSA) is 58.9 Å². The normalized spacial score (nSPS) is 31.1. The monoisotopic (exact) mass is 244 g/mol. The van der Waals surface area contributed by atoms with E-state index in [1.54, 1.807) is 0 Å². The van der Waals surface area contributed by atoms with Crippen molar-refractivity contribution in [3.63, 3.8) is 0 Å². The zero-order valence-corrected chi connectivity index (χ0v) is 10.5. The van der Waals surface area contributed by atoms with E-state index in [2.05, 4.69) is 6.58 Å². The van der Waals surface area contributed by atoms with Gasteiger partial charge in [-0.1, -0.05) is 12.5 Å². The molecule has 1 aliphatic heterocycles. The minimum Gasteiger partial charge on any atom is -0.391 e. The summed E-state index contributed by atoms with van der Waals surface area (Å²) in [6.45, 7) is 5.90. The number of allylic oxidation sites excluding steroid dienone is 1. The predicted molar refractivity (Wildman–Crippen MR) is 65.6 cm³/mol. The van der Waals surface area contributed by atoms with E-state index in [1.807, 2.05) is 13.0 Å². The van der Waals surface area contributed by atoms with Gasteiger partial charge in [0.05, 0.1) is 18.8 Å². The molecule has 1 saturated heterocycles. The lowest BCUT2D eigenvalue weighted by Gasteiger charge is -2.32. The number of aliphatic hydroxyl groups excluding tert-OH is 2. The molecule has 0 amide bonds. The van der Waals surface area contributed by atoms with Gasteiger partial charge in [0.2, 0.25) is 0 Å². The van der Waals surface area contributed by atoms with Crippen molar-refractivity contribution in [3.8, 4) is 0 Å². The molecule has 0 bridgehead atoms. The molecule has 0 aromatic carbocycles. The van der Waals surface area contributed by atoms with Gasteiger partial charge in [-0.05, 0) is 26.2 Å². The van der Waals surface area contributed by atoms with Gasteiger partial charge >= 0.3 is 0 Å². The van der Waals surface area contributed by atoms with Crippen LogP contribution in [0.4, 0.5) is 0 Å². The van der Waals surface area contributed by atoms with Crippen LogP contribution in [0.2, 0.25) is 0 Å². The predicted octanol–water partition coefficient (Wildman–Crippen LogP) is 1.61. The van der Waals surface area contributed by atoms with Crippen molar-refractivity contribution in [2.45, 2.75) is 63.6 Å². The molecule has 4 heteroatoms. The van der Waals surface area contributed by atoms with Crippen LogP contribution in [-0.2, 0) is 9.47 Å². The summed E-state index contributed by atoms with van der Waals surface area (Å²) >= 11 is 0. The number of ether oxygens (including phenoxy) is 2. The van der Waals surface area contributed by atoms with Gasteiger partial charge in [0.15, 0.2) is 6.29 Å². The van der Waals surface area contributed by atoms with E-state index in [0.29, 0.717) is 6.42 Å². The highest BCUT2D eigenvalue weighted by Crippen LogP contribution is 2.18. The Morgan fingerprint density at radius 1 is 1.47 bits per heavy atom. The average molecular weight is 244 g/mol. The van der Waals surface area contributed by atoms with Crippen LogP contribution in [0.3, 0.4) is 0 Å². The fraction of sp³-hybridized carbons (Fsp3) is 0.846. The molecule has 0 aromatic rings. The van der Waals surface area contributed by atoms with Crippen LogP contribution in [0.1, 0.15) is 39.0 Å². The van der Waals surface area contributed by atoms with E-state index >= 15 is 0 Å². The first-order chi connectivity index (χ1) is 8.13. The summed E-state index contributed by atoms with van der Waals surface area (Å²) in [6.07, 6.45) is 4.59. The van der Waals surface area contributed by atoms with Crippen molar-refractivity contribution in [2.24, 2.45) is 0 Å². The lowest BCUT2D eigenvalue weighted by Crippen LogP contribution is -2.43. The molecule has 2 N–H and O–H groups in total.